The van der Waals surface area contributed by atoms with Crippen LogP contribution in [0.3, 0.4) is 0 Å². The number of hydrogen-bond donors (Lipinski definition) is 0. The van der Waals surface area contributed by atoms with Gasteiger partial charge in [0.2, 0.25) is 0 Å². The Labute approximate surface area is 91.2 Å². The first-order chi connectivity index (χ1) is 6.37. The molecule has 0 aromatic carbocycles. The van der Waals surface area contributed by atoms with Gasteiger partial charge in [-0.1, -0.05) is 22.0 Å². The first-order valence-electron chi connectivity index (χ1n) is 4.55. The summed E-state index contributed by atoms with van der Waals surface area (Å²) in [5, 5.41) is 3.22. The van der Waals surface area contributed by atoms with Crippen molar-refractivity contribution in [2.75, 3.05) is 18.5 Å². The Balaban J connectivity index is 2.23. The second kappa shape index (κ2) is 4.11. The van der Waals surface area contributed by atoms with Gasteiger partial charge in [0.25, 0.3) is 0 Å². The smallest absolute Gasteiger partial charge is 0.0475 e. The third-order valence-corrected chi connectivity index (χ3v) is 4.94. The molecule has 0 spiro atoms. The van der Waals surface area contributed by atoms with Crippen molar-refractivity contribution in [1.29, 1.82) is 0 Å². The van der Waals surface area contributed by atoms with Crippen molar-refractivity contribution < 1.29 is 4.74 Å². The molecule has 1 nitrogen and oxygen atoms in total. The van der Waals surface area contributed by atoms with Crippen LogP contribution in [0, 0.1) is 0 Å². The largest absolute Gasteiger partial charge is 0.381 e. The average Bonchev–Trinajstić information content (AvgIpc) is 2.72. The molecule has 2 heterocycles. The van der Waals surface area contributed by atoms with Crippen LogP contribution in [0.1, 0.15) is 17.7 Å². The Morgan fingerprint density at radius 2 is 2.23 bits per heavy atom. The lowest BCUT2D eigenvalue weighted by molar-refractivity contribution is 0.0595. The molecule has 1 saturated heterocycles. The summed E-state index contributed by atoms with van der Waals surface area (Å²) in [4.78, 5) is 1.51. The first-order valence-corrected chi connectivity index (χ1v) is 6.55. The summed E-state index contributed by atoms with van der Waals surface area (Å²) in [6.45, 7) is 1.81. The van der Waals surface area contributed by atoms with Crippen LogP contribution < -0.4 is 0 Å². The average molecular weight is 261 g/mol. The zero-order valence-electron chi connectivity index (χ0n) is 7.46. The van der Waals surface area contributed by atoms with Crippen LogP contribution in [0.25, 0.3) is 0 Å². The fraction of sp³-hybridized carbons (Fsp3) is 0.600. The van der Waals surface area contributed by atoms with Gasteiger partial charge in [0, 0.05) is 28.8 Å². The quantitative estimate of drug-likeness (QED) is 0.743. The summed E-state index contributed by atoms with van der Waals surface area (Å²) in [5.41, 5.74) is 0.354. The Morgan fingerprint density at radius 3 is 2.77 bits per heavy atom. The van der Waals surface area contributed by atoms with Gasteiger partial charge in [-0.05, 0) is 24.3 Å². The second-order valence-electron chi connectivity index (χ2n) is 3.50. The van der Waals surface area contributed by atoms with E-state index in [9.17, 15) is 0 Å². The van der Waals surface area contributed by atoms with Crippen LogP contribution >= 0.6 is 27.3 Å². The summed E-state index contributed by atoms with van der Waals surface area (Å²) < 4.78 is 5.41. The lowest BCUT2D eigenvalue weighted by Crippen LogP contribution is -2.34. The molecule has 72 valence electrons. The molecule has 0 bridgehead atoms. The minimum atomic E-state index is 0.354. The van der Waals surface area contributed by atoms with Crippen LogP contribution in [0.4, 0.5) is 0 Å². The van der Waals surface area contributed by atoms with Gasteiger partial charge >= 0.3 is 0 Å². The van der Waals surface area contributed by atoms with E-state index < -0.39 is 0 Å². The van der Waals surface area contributed by atoms with Gasteiger partial charge in [-0.15, -0.1) is 11.3 Å². The summed E-state index contributed by atoms with van der Waals surface area (Å²) in [7, 11) is 0. The maximum absolute atomic E-state index is 5.41. The number of rotatable bonds is 2. The fourth-order valence-corrected chi connectivity index (χ4v) is 3.82. The van der Waals surface area contributed by atoms with Crippen molar-refractivity contribution in [3.63, 3.8) is 0 Å². The Kier molecular flexibility index (Phi) is 3.06. The molecule has 0 aliphatic carbocycles. The molecular weight excluding hydrogens is 248 g/mol. The zero-order chi connectivity index (χ0) is 9.15. The number of halogens is 1. The predicted octanol–water partition coefficient (Wildman–Crippen LogP) is 3.19. The normalized spacial score (nSPS) is 21.6. The van der Waals surface area contributed by atoms with Crippen molar-refractivity contribution in [3.05, 3.63) is 22.4 Å². The molecule has 1 fully saturated rings. The van der Waals surface area contributed by atoms with Crippen molar-refractivity contribution in [2.45, 2.75) is 18.3 Å². The van der Waals surface area contributed by atoms with Crippen LogP contribution in [0.5, 0.6) is 0 Å². The molecule has 1 aliphatic rings. The van der Waals surface area contributed by atoms with E-state index in [0.29, 0.717) is 5.41 Å². The van der Waals surface area contributed by atoms with Gasteiger partial charge in [-0.3, -0.25) is 0 Å². The molecule has 0 unspecified atom stereocenters. The lowest BCUT2D eigenvalue weighted by atomic mass is 9.81. The highest BCUT2D eigenvalue weighted by atomic mass is 79.9. The van der Waals surface area contributed by atoms with E-state index in [1.165, 1.54) is 4.88 Å². The first kappa shape index (κ1) is 9.69. The summed E-state index contributed by atoms with van der Waals surface area (Å²) in [6, 6.07) is 4.39. The van der Waals surface area contributed by atoms with Crippen molar-refractivity contribution >= 4 is 27.3 Å². The van der Waals surface area contributed by atoms with E-state index in [2.05, 4.69) is 33.4 Å². The van der Waals surface area contributed by atoms with Gasteiger partial charge in [-0.2, -0.15) is 0 Å². The van der Waals surface area contributed by atoms with E-state index in [1.807, 2.05) is 11.3 Å². The minimum absolute atomic E-state index is 0.354. The second-order valence-corrected chi connectivity index (χ2v) is 5.01. The topological polar surface area (TPSA) is 9.23 Å². The number of hydrogen-bond acceptors (Lipinski definition) is 2. The molecule has 1 aromatic heterocycles. The molecule has 1 aliphatic heterocycles. The Bertz CT molecular complexity index is 252. The molecule has 0 saturated carbocycles. The van der Waals surface area contributed by atoms with Crippen molar-refractivity contribution in [1.82, 2.24) is 0 Å². The van der Waals surface area contributed by atoms with Crippen LogP contribution in [-0.4, -0.2) is 18.5 Å². The van der Waals surface area contributed by atoms with Gasteiger partial charge < -0.3 is 4.74 Å². The summed E-state index contributed by atoms with van der Waals surface area (Å²) in [6.07, 6.45) is 2.30. The number of thiophene rings is 1. The van der Waals surface area contributed by atoms with E-state index >= 15 is 0 Å². The van der Waals surface area contributed by atoms with Gasteiger partial charge in [-0.25, -0.2) is 0 Å². The molecule has 1 aromatic rings. The number of ether oxygens (including phenoxy) is 1. The van der Waals surface area contributed by atoms with Crippen LogP contribution in [0.2, 0.25) is 0 Å². The van der Waals surface area contributed by atoms with E-state index in [0.717, 1.165) is 31.4 Å². The van der Waals surface area contributed by atoms with Crippen molar-refractivity contribution in [3.8, 4) is 0 Å². The summed E-state index contributed by atoms with van der Waals surface area (Å²) >= 11 is 5.51. The van der Waals surface area contributed by atoms with Gasteiger partial charge in [0.1, 0.15) is 0 Å². The minimum Gasteiger partial charge on any atom is -0.381 e. The molecule has 13 heavy (non-hydrogen) atoms. The maximum Gasteiger partial charge on any atom is 0.0475 e. The van der Waals surface area contributed by atoms with Gasteiger partial charge in [0.15, 0.2) is 0 Å². The van der Waals surface area contributed by atoms with E-state index in [-0.39, 0.29) is 0 Å². The van der Waals surface area contributed by atoms with Crippen molar-refractivity contribution in [2.24, 2.45) is 0 Å². The standard InChI is InChI=1S/C10H13BrOS/c11-8-10(3-5-12-6-4-10)9-2-1-7-13-9/h1-2,7H,3-6,8H2. The summed E-state index contributed by atoms with van der Waals surface area (Å²) in [5.74, 6) is 0. The predicted molar refractivity (Wildman–Crippen MR) is 59.8 cm³/mol. The Hall–Kier alpha value is 0.140. The lowest BCUT2D eigenvalue weighted by Gasteiger charge is -2.34. The molecule has 0 N–H and O–H groups in total. The van der Waals surface area contributed by atoms with E-state index in [4.69, 9.17) is 4.74 Å². The van der Waals surface area contributed by atoms with E-state index in [1.54, 1.807) is 0 Å². The molecule has 0 radical (unpaired) electrons. The molecule has 0 amide bonds. The number of alkyl halides is 1. The third-order valence-electron chi connectivity index (χ3n) is 2.75. The zero-order valence-corrected chi connectivity index (χ0v) is 9.86. The van der Waals surface area contributed by atoms with Gasteiger partial charge in [0.05, 0.1) is 0 Å². The highest BCUT2D eigenvalue weighted by Crippen LogP contribution is 2.38. The monoisotopic (exact) mass is 260 g/mol. The molecule has 2 rings (SSSR count). The highest BCUT2D eigenvalue weighted by Gasteiger charge is 2.34. The highest BCUT2D eigenvalue weighted by molar-refractivity contribution is 9.09. The van der Waals surface area contributed by atoms with Crippen LogP contribution in [-0.2, 0) is 10.2 Å². The SMILES string of the molecule is BrCC1(c2cccs2)CCOCC1. The molecule has 0 atom stereocenters. The van der Waals surface area contributed by atoms with Crippen LogP contribution in [0.15, 0.2) is 17.5 Å². The fourth-order valence-electron chi connectivity index (χ4n) is 1.79. The Morgan fingerprint density at radius 1 is 1.46 bits per heavy atom. The molecule has 3 heteroatoms. The maximum atomic E-state index is 5.41. The third kappa shape index (κ3) is 1.83. The molecular formula is C10H13BrOS.